The van der Waals surface area contributed by atoms with Crippen molar-refractivity contribution in [3.63, 3.8) is 0 Å². The molecule has 4 nitrogen and oxygen atoms in total. The number of aliphatic hydroxyl groups excluding tert-OH is 1. The number of rotatable bonds is 6. The molecule has 0 bridgehead atoms. The molecule has 0 heterocycles. The van der Waals surface area contributed by atoms with Gasteiger partial charge in [-0.25, -0.2) is 0 Å². The molecule has 0 radical (unpaired) electrons. The van der Waals surface area contributed by atoms with Crippen molar-refractivity contribution in [3.8, 4) is 11.5 Å². The number of benzene rings is 1. The van der Waals surface area contributed by atoms with Crippen molar-refractivity contribution in [1.29, 1.82) is 0 Å². The second-order valence-electron chi connectivity index (χ2n) is 3.52. The van der Waals surface area contributed by atoms with Gasteiger partial charge in [-0.3, -0.25) is 0 Å². The van der Waals surface area contributed by atoms with Gasteiger partial charge in [0.15, 0.2) is 0 Å². The Hall–Kier alpha value is -1.26. The molecule has 0 amide bonds. The van der Waals surface area contributed by atoms with Gasteiger partial charge >= 0.3 is 0 Å². The molecule has 1 aromatic carbocycles. The van der Waals surface area contributed by atoms with Crippen LogP contribution in [0.15, 0.2) is 18.2 Å². The van der Waals surface area contributed by atoms with Crippen LogP contribution >= 0.6 is 0 Å². The molecule has 0 unspecified atom stereocenters. The Labute approximate surface area is 96.2 Å². The molecule has 4 heteroatoms. The maximum atomic E-state index is 9.97. The first-order valence-corrected chi connectivity index (χ1v) is 5.27. The highest BCUT2D eigenvalue weighted by Gasteiger charge is 2.13. The van der Waals surface area contributed by atoms with Gasteiger partial charge in [-0.1, -0.05) is 0 Å². The summed E-state index contributed by atoms with van der Waals surface area (Å²) in [4.78, 5) is 0. The number of aliphatic hydroxyl groups is 1. The lowest BCUT2D eigenvalue weighted by Crippen LogP contribution is -2.12. The largest absolute Gasteiger partial charge is 0.497 e. The van der Waals surface area contributed by atoms with E-state index >= 15 is 0 Å². The van der Waals surface area contributed by atoms with E-state index in [1.54, 1.807) is 20.3 Å². The van der Waals surface area contributed by atoms with Gasteiger partial charge in [-0.05, 0) is 32.1 Å². The van der Waals surface area contributed by atoms with Gasteiger partial charge in [0.25, 0.3) is 0 Å². The lowest BCUT2D eigenvalue weighted by Gasteiger charge is -2.15. The molecule has 1 atom stereocenters. The number of ether oxygens (including phenoxy) is 2. The van der Waals surface area contributed by atoms with Crippen LogP contribution in [0.1, 0.15) is 18.1 Å². The molecule has 1 rings (SSSR count). The molecule has 2 N–H and O–H groups in total. The number of methoxy groups -OCH3 is 2. The summed E-state index contributed by atoms with van der Waals surface area (Å²) < 4.78 is 10.3. The maximum absolute atomic E-state index is 9.97. The molecule has 0 aliphatic heterocycles. The Morgan fingerprint density at radius 1 is 1.31 bits per heavy atom. The molecule has 16 heavy (non-hydrogen) atoms. The van der Waals surface area contributed by atoms with Crippen LogP contribution in [0.5, 0.6) is 11.5 Å². The van der Waals surface area contributed by atoms with Crippen molar-refractivity contribution in [3.05, 3.63) is 23.8 Å². The maximum Gasteiger partial charge on any atom is 0.128 e. The van der Waals surface area contributed by atoms with Gasteiger partial charge in [0.05, 0.1) is 20.3 Å². The van der Waals surface area contributed by atoms with Crippen molar-refractivity contribution in [2.24, 2.45) is 0 Å². The first kappa shape index (κ1) is 12.8. The third-order valence-corrected chi connectivity index (χ3v) is 2.47. The number of nitrogens with one attached hydrogen (secondary N) is 1. The SMILES string of the molecule is CNCC[C@H](O)c1ccc(OC)cc1OC. The van der Waals surface area contributed by atoms with Gasteiger partial charge < -0.3 is 19.9 Å². The normalized spacial score (nSPS) is 12.2. The minimum atomic E-state index is -0.520. The van der Waals surface area contributed by atoms with Crippen LogP contribution in [-0.2, 0) is 0 Å². The fourth-order valence-corrected chi connectivity index (χ4v) is 1.53. The highest BCUT2D eigenvalue weighted by Crippen LogP contribution is 2.30. The summed E-state index contributed by atoms with van der Waals surface area (Å²) in [5, 5.41) is 13.0. The second-order valence-corrected chi connectivity index (χ2v) is 3.52. The molecule has 0 aromatic heterocycles. The summed E-state index contributed by atoms with van der Waals surface area (Å²) >= 11 is 0. The third-order valence-electron chi connectivity index (χ3n) is 2.47. The average molecular weight is 225 g/mol. The predicted molar refractivity (Wildman–Crippen MR) is 63.0 cm³/mol. The highest BCUT2D eigenvalue weighted by molar-refractivity contribution is 5.41. The standard InChI is InChI=1S/C12H19NO3/c1-13-7-6-11(14)10-5-4-9(15-2)8-12(10)16-3/h4-5,8,11,13-14H,6-7H2,1-3H3/t11-/m0/s1. The molecule has 90 valence electrons. The molecule has 0 saturated carbocycles. The lowest BCUT2D eigenvalue weighted by atomic mass is 10.1. The predicted octanol–water partition coefficient (Wildman–Crippen LogP) is 1.35. The van der Waals surface area contributed by atoms with Crippen molar-refractivity contribution in [1.82, 2.24) is 5.32 Å². The average Bonchev–Trinajstić information content (AvgIpc) is 2.34. The summed E-state index contributed by atoms with van der Waals surface area (Å²) in [6.45, 7) is 0.760. The summed E-state index contributed by atoms with van der Waals surface area (Å²) in [6, 6.07) is 5.43. The van der Waals surface area contributed by atoms with E-state index in [2.05, 4.69) is 5.32 Å². The van der Waals surface area contributed by atoms with Gasteiger partial charge in [0.2, 0.25) is 0 Å². The Kier molecular flexibility index (Phi) is 5.08. The summed E-state index contributed by atoms with van der Waals surface area (Å²) in [7, 11) is 5.05. The van der Waals surface area contributed by atoms with E-state index in [4.69, 9.17) is 9.47 Å². The zero-order valence-corrected chi connectivity index (χ0v) is 9.99. The smallest absolute Gasteiger partial charge is 0.128 e. The van der Waals surface area contributed by atoms with Crippen molar-refractivity contribution >= 4 is 0 Å². The summed E-state index contributed by atoms with van der Waals surface area (Å²) in [5.41, 5.74) is 0.790. The quantitative estimate of drug-likeness (QED) is 0.767. The first-order chi connectivity index (χ1) is 7.72. The van der Waals surface area contributed by atoms with Crippen LogP contribution in [0.25, 0.3) is 0 Å². The Balaban J connectivity index is 2.85. The highest BCUT2D eigenvalue weighted by atomic mass is 16.5. The van der Waals surface area contributed by atoms with Gasteiger partial charge in [-0.2, -0.15) is 0 Å². The fraction of sp³-hybridized carbons (Fsp3) is 0.500. The van der Waals surface area contributed by atoms with Crippen LogP contribution in [-0.4, -0.2) is 32.9 Å². The lowest BCUT2D eigenvalue weighted by molar-refractivity contribution is 0.163. The van der Waals surface area contributed by atoms with Gasteiger partial charge in [-0.15, -0.1) is 0 Å². The number of hydrogen-bond donors (Lipinski definition) is 2. The zero-order chi connectivity index (χ0) is 12.0. The Morgan fingerprint density at radius 3 is 2.62 bits per heavy atom. The van der Waals surface area contributed by atoms with Crippen LogP contribution in [0.4, 0.5) is 0 Å². The molecular formula is C12H19NO3. The van der Waals surface area contributed by atoms with Crippen molar-refractivity contribution in [2.45, 2.75) is 12.5 Å². The summed E-state index contributed by atoms with van der Waals surface area (Å²) in [6.07, 6.45) is 0.132. The van der Waals surface area contributed by atoms with Gasteiger partial charge in [0.1, 0.15) is 11.5 Å². The van der Waals surface area contributed by atoms with E-state index in [-0.39, 0.29) is 0 Å². The van der Waals surface area contributed by atoms with Crippen molar-refractivity contribution in [2.75, 3.05) is 27.8 Å². The van der Waals surface area contributed by atoms with E-state index < -0.39 is 6.10 Å². The van der Waals surface area contributed by atoms with Crippen LogP contribution in [0.2, 0.25) is 0 Å². The molecule has 0 fully saturated rings. The fourth-order valence-electron chi connectivity index (χ4n) is 1.53. The molecule has 0 saturated heterocycles. The van der Waals surface area contributed by atoms with Crippen molar-refractivity contribution < 1.29 is 14.6 Å². The summed E-state index contributed by atoms with van der Waals surface area (Å²) in [5.74, 6) is 1.38. The second kappa shape index (κ2) is 6.35. The third kappa shape index (κ3) is 3.12. The first-order valence-electron chi connectivity index (χ1n) is 5.27. The van der Waals surface area contributed by atoms with E-state index in [9.17, 15) is 5.11 Å². The Morgan fingerprint density at radius 2 is 2.06 bits per heavy atom. The topological polar surface area (TPSA) is 50.7 Å². The van der Waals surface area contributed by atoms with E-state index in [0.29, 0.717) is 12.2 Å². The van der Waals surface area contributed by atoms with E-state index in [0.717, 1.165) is 17.9 Å². The van der Waals surface area contributed by atoms with Gasteiger partial charge in [0, 0.05) is 11.6 Å². The molecule has 0 spiro atoms. The molecular weight excluding hydrogens is 206 g/mol. The Bertz CT molecular complexity index is 328. The van der Waals surface area contributed by atoms with E-state index in [1.807, 2.05) is 19.2 Å². The monoisotopic (exact) mass is 225 g/mol. The molecule has 0 aliphatic rings. The van der Waals surface area contributed by atoms with Crippen LogP contribution in [0.3, 0.4) is 0 Å². The number of hydrogen-bond acceptors (Lipinski definition) is 4. The minimum Gasteiger partial charge on any atom is -0.497 e. The molecule has 1 aromatic rings. The van der Waals surface area contributed by atoms with E-state index in [1.165, 1.54) is 0 Å². The molecule has 0 aliphatic carbocycles. The zero-order valence-electron chi connectivity index (χ0n) is 9.99. The van der Waals surface area contributed by atoms with Crippen LogP contribution in [0, 0.1) is 0 Å². The minimum absolute atomic E-state index is 0.520. The van der Waals surface area contributed by atoms with Crippen LogP contribution < -0.4 is 14.8 Å².